The number of hydrogen-bond acceptors (Lipinski definition) is 11. The van der Waals surface area contributed by atoms with Crippen molar-refractivity contribution in [3.05, 3.63) is 36.5 Å². The average Bonchev–Trinajstić information content (AvgIpc) is 4.04. The molecule has 3 fully saturated rings. The van der Waals surface area contributed by atoms with Crippen molar-refractivity contribution in [2.45, 2.75) is 120 Å². The van der Waals surface area contributed by atoms with Crippen LogP contribution in [0.3, 0.4) is 0 Å². The van der Waals surface area contributed by atoms with Crippen LogP contribution in [0.5, 0.6) is 11.6 Å². The first-order valence-electron chi connectivity index (χ1n) is 20.1. The lowest BCUT2D eigenvalue weighted by molar-refractivity contribution is -0.244. The minimum absolute atomic E-state index is 0.0427. The Kier molecular flexibility index (Phi) is 12.1. The third-order valence-corrected chi connectivity index (χ3v) is 14.5. The first-order valence-corrected chi connectivity index (χ1v) is 21.6. The van der Waals surface area contributed by atoms with Gasteiger partial charge in [0.25, 0.3) is 5.91 Å². The molecule has 2 aliphatic carbocycles. The summed E-state index contributed by atoms with van der Waals surface area (Å²) in [6, 6.07) is 2.78. The van der Waals surface area contributed by atoms with Crippen LogP contribution in [0.25, 0.3) is 10.8 Å². The molecule has 330 valence electrons. The average molecular weight is 865 g/mol. The number of amides is 4. The van der Waals surface area contributed by atoms with Gasteiger partial charge in [-0.25, -0.2) is 18.2 Å². The number of pyridine rings is 1. The van der Waals surface area contributed by atoms with E-state index in [1.165, 1.54) is 25.1 Å². The molecule has 6 rings (SSSR count). The number of carbonyl (C=O) groups excluding carboxylic acids is 4. The summed E-state index contributed by atoms with van der Waals surface area (Å²) in [5.41, 5.74) is -3.67. The smallest absolute Gasteiger partial charge is 0.427 e. The highest BCUT2D eigenvalue weighted by Gasteiger charge is 2.63. The normalized spacial score (nSPS) is 28.3. The number of anilines is 1. The summed E-state index contributed by atoms with van der Waals surface area (Å²) >= 11 is 0. The van der Waals surface area contributed by atoms with Crippen LogP contribution in [-0.4, -0.2) is 110 Å². The Morgan fingerprint density at radius 1 is 1.08 bits per heavy atom. The molecule has 4 aliphatic rings. The molecular weight excluding hydrogens is 810 g/mol. The van der Waals surface area contributed by atoms with Gasteiger partial charge in [-0.3, -0.25) is 19.1 Å². The van der Waals surface area contributed by atoms with Crippen LogP contribution in [0.1, 0.15) is 79.6 Å². The number of allylic oxidation sites excluding steroid dienone is 1. The van der Waals surface area contributed by atoms with Crippen LogP contribution in [0, 0.1) is 17.8 Å². The highest BCUT2D eigenvalue weighted by Crippen LogP contribution is 2.48. The van der Waals surface area contributed by atoms with Gasteiger partial charge in [0.2, 0.25) is 33.3 Å². The van der Waals surface area contributed by atoms with Gasteiger partial charge in [0.1, 0.15) is 29.5 Å². The molecule has 3 N–H and O–H groups in total. The van der Waals surface area contributed by atoms with Crippen LogP contribution >= 0.6 is 0 Å². The Morgan fingerprint density at radius 2 is 1.78 bits per heavy atom. The fourth-order valence-corrected chi connectivity index (χ4v) is 9.23. The maximum atomic E-state index is 14.8. The highest BCUT2D eigenvalue weighted by atomic mass is 32.2. The van der Waals surface area contributed by atoms with E-state index in [-0.39, 0.29) is 31.2 Å². The van der Waals surface area contributed by atoms with Crippen molar-refractivity contribution in [2.24, 2.45) is 17.8 Å². The quantitative estimate of drug-likeness (QED) is 0.289. The van der Waals surface area contributed by atoms with Gasteiger partial charge in [-0.05, 0) is 89.3 Å². The predicted octanol–water partition coefficient (Wildman–Crippen LogP) is 4.98. The summed E-state index contributed by atoms with van der Waals surface area (Å²) in [6.07, 6.45) is 0.0936. The van der Waals surface area contributed by atoms with Gasteiger partial charge >= 0.3 is 12.3 Å². The maximum absolute atomic E-state index is 14.8. The second kappa shape index (κ2) is 16.2. The van der Waals surface area contributed by atoms with Crippen LogP contribution in [-0.2, 0) is 29.1 Å². The first-order chi connectivity index (χ1) is 27.9. The lowest BCUT2D eigenvalue weighted by Crippen LogP contribution is -2.59. The zero-order valence-electron chi connectivity index (χ0n) is 35.1. The molecule has 1 saturated heterocycles. The molecule has 2 saturated carbocycles. The van der Waals surface area contributed by atoms with Gasteiger partial charge in [-0.1, -0.05) is 26.0 Å². The van der Waals surface area contributed by atoms with Crippen molar-refractivity contribution in [2.75, 3.05) is 32.6 Å². The molecular formula is C41H55F3N6O9S. The van der Waals surface area contributed by atoms with E-state index in [1.54, 1.807) is 19.1 Å². The molecule has 7 unspecified atom stereocenters. The zero-order chi connectivity index (χ0) is 44.2. The van der Waals surface area contributed by atoms with E-state index in [1.807, 2.05) is 44.1 Å². The van der Waals surface area contributed by atoms with E-state index in [0.29, 0.717) is 62.5 Å². The van der Waals surface area contributed by atoms with Crippen molar-refractivity contribution in [1.82, 2.24) is 25.2 Å². The minimum Gasteiger partial charge on any atom is -0.494 e. The molecule has 0 bridgehead atoms. The van der Waals surface area contributed by atoms with E-state index >= 15 is 0 Å². The molecule has 4 amide bonds. The minimum atomic E-state index is -4.92. The van der Waals surface area contributed by atoms with Gasteiger partial charge in [0.05, 0.1) is 24.6 Å². The number of rotatable bonds is 9. The Bertz CT molecular complexity index is 2160. The number of nitrogens with zero attached hydrogens (tertiary/aromatic N) is 3. The van der Waals surface area contributed by atoms with Crippen molar-refractivity contribution >= 4 is 50.3 Å². The zero-order valence-corrected chi connectivity index (χ0v) is 36.0. The molecule has 0 radical (unpaired) electrons. The van der Waals surface area contributed by atoms with E-state index < -0.39 is 85.9 Å². The molecule has 2 aliphatic heterocycles. The monoisotopic (exact) mass is 864 g/mol. The number of alkyl halides is 3. The highest BCUT2D eigenvalue weighted by molar-refractivity contribution is 7.91. The second-order valence-electron chi connectivity index (χ2n) is 17.7. The van der Waals surface area contributed by atoms with Gasteiger partial charge in [-0.2, -0.15) is 13.2 Å². The topological polar surface area (TPSA) is 186 Å². The van der Waals surface area contributed by atoms with E-state index in [9.17, 15) is 40.8 Å². The van der Waals surface area contributed by atoms with Crippen LogP contribution in [0.2, 0.25) is 0 Å². The molecule has 3 heterocycles. The number of nitrogens with one attached hydrogen (secondary N) is 3. The summed E-state index contributed by atoms with van der Waals surface area (Å²) in [7, 11) is 1.19. The third-order valence-electron chi connectivity index (χ3n) is 12.4. The molecule has 19 heteroatoms. The van der Waals surface area contributed by atoms with Gasteiger partial charge in [0.15, 0.2) is 0 Å². The summed E-state index contributed by atoms with van der Waals surface area (Å²) < 4.78 is 85.7. The lowest BCUT2D eigenvalue weighted by atomic mass is 9.88. The van der Waals surface area contributed by atoms with Gasteiger partial charge in [-0.15, -0.1) is 0 Å². The molecule has 1 aromatic carbocycles. The molecule has 2 aromatic rings. The molecule has 7 atom stereocenters. The Hall–Kier alpha value is -4.81. The third kappa shape index (κ3) is 8.96. The summed E-state index contributed by atoms with van der Waals surface area (Å²) in [6.45, 7) is 6.33. The van der Waals surface area contributed by atoms with E-state index in [0.717, 1.165) is 5.69 Å². The summed E-state index contributed by atoms with van der Waals surface area (Å²) in [5, 5.41) is 6.45. The fraction of sp³-hybridized carbons (Fsp3) is 0.634. The standard InChI is InChI=1S/C41H55F3N6O9S/c1-23-11-9-10-12-25-20-40(25,36(53)48-60(55,56)39(5)15-16-39)47-33(51)30-19-27(58-34-28-14-13-26(49(6)7)18-29(28)31(57-8)21-45-34)22-50(30)35(52)32(24(2)17-23)46-37(54)59-38(3,4)41(42,43)44/h10,12-14,18,21,23-25,27,30,32H,9,11,15-17,19-20,22H2,1-8H3,(H,46,54)(H,47,51)(H,48,53). The Morgan fingerprint density at radius 3 is 2.42 bits per heavy atom. The number of aromatic nitrogens is 1. The number of methoxy groups -OCH3 is 1. The summed E-state index contributed by atoms with van der Waals surface area (Å²) in [4.78, 5) is 64.1. The number of hydrogen-bond donors (Lipinski definition) is 3. The van der Waals surface area contributed by atoms with Crippen molar-refractivity contribution in [3.63, 3.8) is 0 Å². The first kappa shape index (κ1) is 44.7. The molecule has 0 spiro atoms. The number of alkyl carbamates (subject to hydrolysis) is 1. The van der Waals surface area contributed by atoms with Crippen molar-refractivity contribution in [3.8, 4) is 11.6 Å². The Balaban J connectivity index is 1.37. The predicted molar refractivity (Wildman–Crippen MR) is 216 cm³/mol. The number of carbonyl (C=O) groups is 4. The lowest BCUT2D eigenvalue weighted by Gasteiger charge is -2.34. The molecule has 60 heavy (non-hydrogen) atoms. The van der Waals surface area contributed by atoms with Crippen LogP contribution < -0.4 is 29.7 Å². The maximum Gasteiger partial charge on any atom is 0.427 e. The van der Waals surface area contributed by atoms with Crippen molar-refractivity contribution in [1.29, 1.82) is 0 Å². The molecule has 1 aromatic heterocycles. The SMILES string of the molecule is COc1cnc(OC2CC3C(=O)NC4(C(=O)NS(=O)(=O)C5(C)CC5)CC4C=CCCC(C)CC(C)C(NC(=O)OC(C)(C)C(F)(F)F)C(=O)N3C2)c2ccc(N(C)C)cc12. The number of halogens is 3. The largest absolute Gasteiger partial charge is 0.494 e. The van der Waals surface area contributed by atoms with Crippen LogP contribution in [0.15, 0.2) is 36.5 Å². The fourth-order valence-electron chi connectivity index (χ4n) is 7.91. The van der Waals surface area contributed by atoms with Gasteiger partial charge in [0, 0.05) is 42.9 Å². The van der Waals surface area contributed by atoms with Crippen molar-refractivity contribution < 1.29 is 55.0 Å². The summed E-state index contributed by atoms with van der Waals surface area (Å²) in [5.74, 6) is -3.06. The number of ether oxygens (including phenoxy) is 3. The van der Waals surface area contributed by atoms with E-state index in [2.05, 4.69) is 20.3 Å². The number of benzene rings is 1. The molecule has 15 nitrogen and oxygen atoms in total. The van der Waals surface area contributed by atoms with Gasteiger partial charge < -0.3 is 34.6 Å². The van der Waals surface area contributed by atoms with Crippen LogP contribution in [0.4, 0.5) is 23.7 Å². The number of sulfonamides is 1. The Labute approximate surface area is 348 Å². The van der Waals surface area contributed by atoms with E-state index in [4.69, 9.17) is 14.2 Å². The second-order valence-corrected chi connectivity index (χ2v) is 19.9. The number of fused-ring (bicyclic) bond motifs is 3.